The summed E-state index contributed by atoms with van der Waals surface area (Å²) in [4.78, 5) is 30.4. The molecule has 7 nitrogen and oxygen atoms in total. The third kappa shape index (κ3) is 5.16. The molecule has 2 aliphatic heterocycles. The van der Waals surface area contributed by atoms with Crippen LogP contribution < -0.4 is 9.64 Å². The van der Waals surface area contributed by atoms with E-state index in [2.05, 4.69) is 4.90 Å². The minimum absolute atomic E-state index is 0.00397. The number of rotatable bonds is 7. The summed E-state index contributed by atoms with van der Waals surface area (Å²) < 4.78 is 11.1. The molecule has 0 radical (unpaired) electrons. The van der Waals surface area contributed by atoms with Crippen molar-refractivity contribution in [2.24, 2.45) is 0 Å². The highest BCUT2D eigenvalue weighted by molar-refractivity contribution is 5.78. The molecule has 2 aliphatic rings. The monoisotopic (exact) mass is 389 g/mol. The highest BCUT2D eigenvalue weighted by Crippen LogP contribution is 2.28. The number of piperazine rings is 1. The number of ether oxygens (including phenoxy) is 2. The molecule has 1 aromatic carbocycles. The lowest BCUT2D eigenvalue weighted by Crippen LogP contribution is -2.49. The average molecular weight is 389 g/mol. The summed E-state index contributed by atoms with van der Waals surface area (Å²) in [6.07, 6.45) is 2.51. The minimum atomic E-state index is 0.00397. The second kappa shape index (κ2) is 9.78. The first-order chi connectivity index (χ1) is 13.6. The molecule has 1 aromatic rings. The van der Waals surface area contributed by atoms with E-state index in [0.29, 0.717) is 32.6 Å². The zero-order chi connectivity index (χ0) is 19.9. The van der Waals surface area contributed by atoms with E-state index in [0.717, 1.165) is 44.0 Å². The molecule has 2 fully saturated rings. The lowest BCUT2D eigenvalue weighted by Gasteiger charge is -2.37. The number of methoxy groups -OCH3 is 1. The van der Waals surface area contributed by atoms with Gasteiger partial charge in [-0.05, 0) is 25.0 Å². The van der Waals surface area contributed by atoms with E-state index in [1.165, 1.54) is 0 Å². The molecular weight excluding hydrogens is 358 g/mol. The molecule has 0 N–H and O–H groups in total. The van der Waals surface area contributed by atoms with Crippen molar-refractivity contribution in [2.75, 3.05) is 57.9 Å². The molecule has 0 spiro atoms. The van der Waals surface area contributed by atoms with Crippen LogP contribution in [0.4, 0.5) is 5.69 Å². The van der Waals surface area contributed by atoms with Crippen molar-refractivity contribution in [3.05, 3.63) is 24.3 Å². The van der Waals surface area contributed by atoms with Crippen LogP contribution in [0.15, 0.2) is 24.3 Å². The number of hydrogen-bond acceptors (Lipinski definition) is 5. The fourth-order valence-electron chi connectivity index (χ4n) is 3.89. The van der Waals surface area contributed by atoms with E-state index < -0.39 is 0 Å². The summed E-state index contributed by atoms with van der Waals surface area (Å²) >= 11 is 0. The largest absolute Gasteiger partial charge is 0.495 e. The van der Waals surface area contributed by atoms with Gasteiger partial charge in [-0.15, -0.1) is 0 Å². The van der Waals surface area contributed by atoms with Gasteiger partial charge >= 0.3 is 0 Å². The summed E-state index contributed by atoms with van der Waals surface area (Å²) in [7, 11) is 1.68. The lowest BCUT2D eigenvalue weighted by molar-refractivity contribution is -0.134. The molecule has 2 heterocycles. The van der Waals surface area contributed by atoms with Crippen molar-refractivity contribution < 1.29 is 19.1 Å². The van der Waals surface area contributed by atoms with Gasteiger partial charge < -0.3 is 24.2 Å². The molecule has 1 unspecified atom stereocenters. The van der Waals surface area contributed by atoms with Crippen LogP contribution in [0.3, 0.4) is 0 Å². The van der Waals surface area contributed by atoms with Crippen molar-refractivity contribution in [3.63, 3.8) is 0 Å². The van der Waals surface area contributed by atoms with E-state index in [1.54, 1.807) is 18.9 Å². The van der Waals surface area contributed by atoms with Crippen LogP contribution in [-0.4, -0.2) is 80.7 Å². The number of anilines is 1. The fourth-order valence-corrected chi connectivity index (χ4v) is 3.89. The average Bonchev–Trinajstić information content (AvgIpc) is 3.24. The summed E-state index contributed by atoms with van der Waals surface area (Å²) in [5.41, 5.74) is 1.07. The number of benzene rings is 1. The van der Waals surface area contributed by atoms with Crippen molar-refractivity contribution >= 4 is 17.5 Å². The molecule has 0 aromatic heterocycles. The quantitative estimate of drug-likeness (QED) is 0.711. The molecule has 0 bridgehead atoms. The molecule has 28 heavy (non-hydrogen) atoms. The Morgan fingerprint density at radius 2 is 1.96 bits per heavy atom. The van der Waals surface area contributed by atoms with Gasteiger partial charge in [0.1, 0.15) is 5.75 Å². The Kier molecular flexibility index (Phi) is 7.14. The maximum Gasteiger partial charge on any atom is 0.224 e. The first-order valence-electron chi connectivity index (χ1n) is 10.1. The first kappa shape index (κ1) is 20.5. The predicted octanol–water partition coefficient (Wildman–Crippen LogP) is 1.76. The molecule has 0 saturated carbocycles. The molecule has 2 saturated heterocycles. The lowest BCUT2D eigenvalue weighted by atomic mass is 10.2. The Bertz CT molecular complexity index is 667. The van der Waals surface area contributed by atoms with Gasteiger partial charge in [-0.25, -0.2) is 0 Å². The number of hydrogen-bond donors (Lipinski definition) is 0. The summed E-state index contributed by atoms with van der Waals surface area (Å²) in [5.74, 6) is 0.969. The highest BCUT2D eigenvalue weighted by atomic mass is 16.5. The van der Waals surface area contributed by atoms with Crippen LogP contribution in [0, 0.1) is 0 Å². The van der Waals surface area contributed by atoms with E-state index in [1.807, 2.05) is 29.2 Å². The van der Waals surface area contributed by atoms with Gasteiger partial charge in [-0.1, -0.05) is 12.1 Å². The summed E-state index contributed by atoms with van der Waals surface area (Å²) in [5, 5.41) is 0. The van der Waals surface area contributed by atoms with E-state index >= 15 is 0 Å². The molecule has 154 valence electrons. The molecular formula is C21H31N3O4. The Morgan fingerprint density at radius 1 is 1.21 bits per heavy atom. The minimum Gasteiger partial charge on any atom is -0.495 e. The maximum absolute atomic E-state index is 12.6. The third-order valence-corrected chi connectivity index (χ3v) is 5.55. The second-order valence-electron chi connectivity index (χ2n) is 7.39. The maximum atomic E-state index is 12.6. The smallest absolute Gasteiger partial charge is 0.224 e. The van der Waals surface area contributed by atoms with E-state index in [-0.39, 0.29) is 17.9 Å². The Morgan fingerprint density at radius 3 is 2.61 bits per heavy atom. The van der Waals surface area contributed by atoms with Crippen molar-refractivity contribution in [3.8, 4) is 5.75 Å². The summed E-state index contributed by atoms with van der Waals surface area (Å²) in [6, 6.07) is 7.96. The van der Waals surface area contributed by atoms with Crippen LogP contribution in [-0.2, 0) is 14.3 Å². The van der Waals surface area contributed by atoms with Crippen LogP contribution >= 0.6 is 0 Å². The van der Waals surface area contributed by atoms with E-state index in [9.17, 15) is 9.59 Å². The standard InChI is InChI=1S/C21H31N3O4/c1-17(25)24(16-18-6-5-15-28-18)10-9-21(26)23-13-11-22(12-14-23)19-7-3-4-8-20(19)27-2/h3-4,7-8,18H,5-6,9-16H2,1-2H3. The number of nitrogens with zero attached hydrogens (tertiary/aromatic N) is 3. The van der Waals surface area contributed by atoms with Crippen molar-refractivity contribution in [1.82, 2.24) is 9.80 Å². The highest BCUT2D eigenvalue weighted by Gasteiger charge is 2.25. The number of carbonyl (C=O) groups excluding carboxylic acids is 2. The van der Waals surface area contributed by atoms with Gasteiger partial charge in [0, 0.05) is 59.2 Å². The number of amides is 2. The van der Waals surface area contributed by atoms with Crippen LogP contribution in [0.25, 0.3) is 0 Å². The zero-order valence-corrected chi connectivity index (χ0v) is 16.9. The van der Waals surface area contributed by atoms with Crippen LogP contribution in [0.1, 0.15) is 26.2 Å². The third-order valence-electron chi connectivity index (χ3n) is 5.55. The zero-order valence-electron chi connectivity index (χ0n) is 16.9. The van der Waals surface area contributed by atoms with Gasteiger partial charge in [-0.3, -0.25) is 9.59 Å². The molecule has 7 heteroatoms. The predicted molar refractivity (Wildman–Crippen MR) is 108 cm³/mol. The molecule has 3 rings (SSSR count). The molecule has 1 atom stereocenters. The van der Waals surface area contributed by atoms with Gasteiger partial charge in [0.05, 0.1) is 18.9 Å². The number of para-hydroxylation sites is 2. The van der Waals surface area contributed by atoms with Crippen LogP contribution in [0.2, 0.25) is 0 Å². The first-order valence-corrected chi connectivity index (χ1v) is 10.1. The van der Waals surface area contributed by atoms with Gasteiger partial charge in [0.2, 0.25) is 11.8 Å². The second-order valence-corrected chi connectivity index (χ2v) is 7.39. The van der Waals surface area contributed by atoms with Gasteiger partial charge in [-0.2, -0.15) is 0 Å². The SMILES string of the molecule is COc1ccccc1N1CCN(C(=O)CCN(CC2CCCO2)C(C)=O)CC1. The Hall–Kier alpha value is -2.28. The summed E-state index contributed by atoms with van der Waals surface area (Å²) in [6.45, 7) is 6.30. The Balaban J connectivity index is 1.47. The van der Waals surface area contributed by atoms with Gasteiger partial charge in [0.25, 0.3) is 0 Å². The van der Waals surface area contributed by atoms with Crippen molar-refractivity contribution in [1.29, 1.82) is 0 Å². The molecule has 2 amide bonds. The molecule has 0 aliphatic carbocycles. The van der Waals surface area contributed by atoms with E-state index in [4.69, 9.17) is 9.47 Å². The normalized spacial score (nSPS) is 19.6. The Labute approximate surface area is 167 Å². The van der Waals surface area contributed by atoms with Gasteiger partial charge in [0.15, 0.2) is 0 Å². The topological polar surface area (TPSA) is 62.3 Å². The number of carbonyl (C=O) groups is 2. The van der Waals surface area contributed by atoms with Crippen molar-refractivity contribution in [2.45, 2.75) is 32.3 Å². The van der Waals surface area contributed by atoms with Crippen LogP contribution in [0.5, 0.6) is 5.75 Å². The fraction of sp³-hybridized carbons (Fsp3) is 0.619.